The van der Waals surface area contributed by atoms with Crippen LogP contribution in [0, 0.1) is 10.1 Å². The van der Waals surface area contributed by atoms with Gasteiger partial charge in [-0.3, -0.25) is 19.2 Å². The Morgan fingerprint density at radius 3 is 2.00 bits per heavy atom. The number of nitro benzene ring substituents is 1. The standard InChI is InChI=1S/C6H7N3O2.H2O4S/c7-4-1-2-5(8)6(3-4)9(10)11;1-5(2,3)4/h1-3H,7-8H2;(H2,1,2,3,4). The molecule has 0 saturated carbocycles. The number of nitrogens with two attached hydrogens (primary N) is 2. The number of nitrogens with zero attached hydrogens (tertiary/aromatic N) is 1. The van der Waals surface area contributed by atoms with E-state index >= 15 is 0 Å². The third kappa shape index (κ3) is 6.53. The molecule has 0 atom stereocenters. The van der Waals surface area contributed by atoms with E-state index in [1.807, 2.05) is 0 Å². The Morgan fingerprint density at radius 2 is 1.69 bits per heavy atom. The number of anilines is 2. The quantitative estimate of drug-likeness (QED) is 0.235. The maximum absolute atomic E-state index is 10.2. The zero-order valence-corrected chi connectivity index (χ0v) is 8.59. The highest BCUT2D eigenvalue weighted by molar-refractivity contribution is 7.79. The maximum Gasteiger partial charge on any atom is 0.394 e. The zero-order chi connectivity index (χ0) is 12.9. The van der Waals surface area contributed by atoms with Gasteiger partial charge in [-0.25, -0.2) is 0 Å². The van der Waals surface area contributed by atoms with Crippen molar-refractivity contribution in [2.45, 2.75) is 0 Å². The smallest absolute Gasteiger partial charge is 0.394 e. The summed E-state index contributed by atoms with van der Waals surface area (Å²) in [5.41, 5.74) is 10.9. The van der Waals surface area contributed by atoms with Crippen LogP contribution in [0.4, 0.5) is 17.1 Å². The third-order valence-electron chi connectivity index (χ3n) is 1.25. The molecule has 16 heavy (non-hydrogen) atoms. The third-order valence-corrected chi connectivity index (χ3v) is 1.25. The maximum atomic E-state index is 10.2. The minimum atomic E-state index is -4.67. The summed E-state index contributed by atoms with van der Waals surface area (Å²) in [6, 6.07) is 4.16. The van der Waals surface area contributed by atoms with Gasteiger partial charge in [-0.2, -0.15) is 8.42 Å². The molecular formula is C6H9N3O6S. The number of hydrogen-bond acceptors (Lipinski definition) is 6. The Hall–Kier alpha value is -1.91. The predicted molar refractivity (Wildman–Crippen MR) is 56.1 cm³/mol. The van der Waals surface area contributed by atoms with E-state index in [4.69, 9.17) is 29.0 Å². The Labute approximate surface area is 90.4 Å². The van der Waals surface area contributed by atoms with E-state index in [1.54, 1.807) is 0 Å². The molecule has 1 aromatic rings. The fourth-order valence-electron chi connectivity index (χ4n) is 0.719. The van der Waals surface area contributed by atoms with Gasteiger partial charge in [0.05, 0.1) is 4.92 Å². The van der Waals surface area contributed by atoms with Crippen molar-refractivity contribution in [2.75, 3.05) is 11.5 Å². The first-order valence-electron chi connectivity index (χ1n) is 3.60. The molecule has 0 radical (unpaired) electrons. The average molecular weight is 251 g/mol. The van der Waals surface area contributed by atoms with E-state index in [2.05, 4.69) is 0 Å². The van der Waals surface area contributed by atoms with Crippen molar-refractivity contribution in [1.82, 2.24) is 0 Å². The molecule has 0 fully saturated rings. The first kappa shape index (κ1) is 14.1. The zero-order valence-electron chi connectivity index (χ0n) is 7.77. The van der Waals surface area contributed by atoms with Crippen LogP contribution in [0.25, 0.3) is 0 Å². The fraction of sp³-hybridized carbons (Fsp3) is 0. The highest BCUT2D eigenvalue weighted by atomic mass is 32.3. The van der Waals surface area contributed by atoms with Gasteiger partial charge in [-0.15, -0.1) is 0 Å². The molecular weight excluding hydrogens is 242 g/mol. The van der Waals surface area contributed by atoms with Crippen LogP contribution < -0.4 is 11.5 Å². The normalized spacial score (nSPS) is 10.1. The summed E-state index contributed by atoms with van der Waals surface area (Å²) in [5, 5.41) is 10.2. The number of rotatable bonds is 1. The number of nitrogen functional groups attached to an aromatic ring is 2. The lowest BCUT2D eigenvalue weighted by atomic mass is 10.2. The predicted octanol–water partition coefficient (Wildman–Crippen LogP) is 0.106. The van der Waals surface area contributed by atoms with Crippen molar-refractivity contribution in [2.24, 2.45) is 0 Å². The summed E-state index contributed by atoms with van der Waals surface area (Å²) >= 11 is 0. The van der Waals surface area contributed by atoms with Crippen LogP contribution in [0.3, 0.4) is 0 Å². The first-order valence-corrected chi connectivity index (χ1v) is 5.00. The van der Waals surface area contributed by atoms with Gasteiger partial charge in [0.15, 0.2) is 0 Å². The highest BCUT2D eigenvalue weighted by Gasteiger charge is 2.09. The van der Waals surface area contributed by atoms with Gasteiger partial charge in [-0.1, -0.05) is 0 Å². The molecule has 0 aliphatic rings. The molecule has 1 rings (SSSR count). The molecule has 0 unspecified atom stereocenters. The van der Waals surface area contributed by atoms with Crippen LogP contribution in [0.15, 0.2) is 18.2 Å². The molecule has 90 valence electrons. The number of benzene rings is 1. The van der Waals surface area contributed by atoms with Crippen molar-refractivity contribution >= 4 is 27.5 Å². The van der Waals surface area contributed by atoms with Gasteiger partial charge in [0.1, 0.15) is 5.69 Å². The molecule has 0 aliphatic carbocycles. The van der Waals surface area contributed by atoms with Crippen molar-refractivity contribution in [3.8, 4) is 0 Å². The molecule has 1 aromatic carbocycles. The lowest BCUT2D eigenvalue weighted by Crippen LogP contribution is -1.96. The van der Waals surface area contributed by atoms with Gasteiger partial charge in [-0.05, 0) is 12.1 Å². The lowest BCUT2D eigenvalue weighted by molar-refractivity contribution is -0.383. The molecule has 9 nitrogen and oxygen atoms in total. The SMILES string of the molecule is Nc1ccc(N)c([N+](=O)[O-])c1.O=S(=O)(O)O. The van der Waals surface area contributed by atoms with Crippen LogP contribution in [0.2, 0.25) is 0 Å². The van der Waals surface area contributed by atoms with Gasteiger partial charge in [0, 0.05) is 11.8 Å². The minimum absolute atomic E-state index is 0.129. The average Bonchev–Trinajstić information content (AvgIpc) is 2.06. The van der Waals surface area contributed by atoms with Crippen molar-refractivity contribution in [3.63, 3.8) is 0 Å². The van der Waals surface area contributed by atoms with E-state index < -0.39 is 15.3 Å². The first-order chi connectivity index (χ1) is 7.11. The van der Waals surface area contributed by atoms with Crippen LogP contribution in [-0.2, 0) is 10.4 Å². The summed E-state index contributed by atoms with van der Waals surface area (Å²) in [6.07, 6.45) is 0. The van der Waals surface area contributed by atoms with Gasteiger partial charge < -0.3 is 11.5 Å². The molecule has 0 aliphatic heterocycles. The topological polar surface area (TPSA) is 170 Å². The molecule has 0 saturated heterocycles. The van der Waals surface area contributed by atoms with E-state index in [0.29, 0.717) is 5.69 Å². The fourth-order valence-corrected chi connectivity index (χ4v) is 0.719. The van der Waals surface area contributed by atoms with E-state index in [9.17, 15) is 10.1 Å². The van der Waals surface area contributed by atoms with Gasteiger partial charge in [0.2, 0.25) is 0 Å². The van der Waals surface area contributed by atoms with Gasteiger partial charge in [0.25, 0.3) is 5.69 Å². The van der Waals surface area contributed by atoms with Crippen molar-refractivity contribution < 1.29 is 22.4 Å². The van der Waals surface area contributed by atoms with Crippen LogP contribution in [-0.4, -0.2) is 22.4 Å². The highest BCUT2D eigenvalue weighted by Crippen LogP contribution is 2.22. The second-order valence-electron chi connectivity index (χ2n) is 2.52. The second kappa shape index (κ2) is 5.25. The van der Waals surface area contributed by atoms with E-state index in [1.165, 1.54) is 18.2 Å². The monoisotopic (exact) mass is 251 g/mol. The largest absolute Gasteiger partial charge is 0.399 e. The summed E-state index contributed by atoms with van der Waals surface area (Å²) in [7, 11) is -4.67. The Morgan fingerprint density at radius 1 is 1.25 bits per heavy atom. The van der Waals surface area contributed by atoms with Crippen LogP contribution in [0.1, 0.15) is 0 Å². The molecule has 6 N–H and O–H groups in total. The molecule has 0 amide bonds. The summed E-state index contributed by atoms with van der Waals surface area (Å²) in [5.74, 6) is 0. The molecule has 0 bridgehead atoms. The van der Waals surface area contributed by atoms with Crippen molar-refractivity contribution in [3.05, 3.63) is 28.3 Å². The van der Waals surface area contributed by atoms with E-state index in [-0.39, 0.29) is 11.4 Å². The Bertz CT molecular complexity index is 477. The lowest BCUT2D eigenvalue weighted by Gasteiger charge is -1.96. The number of nitro groups is 1. The summed E-state index contributed by atoms with van der Waals surface area (Å²) < 4.78 is 31.6. The summed E-state index contributed by atoms with van der Waals surface area (Å²) in [4.78, 5) is 9.68. The molecule has 10 heteroatoms. The van der Waals surface area contributed by atoms with Crippen LogP contribution >= 0.6 is 0 Å². The Kier molecular flexibility index (Phi) is 4.62. The molecule has 0 heterocycles. The Balaban J connectivity index is 0.000000385. The summed E-state index contributed by atoms with van der Waals surface area (Å²) in [6.45, 7) is 0. The van der Waals surface area contributed by atoms with Crippen molar-refractivity contribution in [1.29, 1.82) is 0 Å². The van der Waals surface area contributed by atoms with Crippen LogP contribution in [0.5, 0.6) is 0 Å². The second-order valence-corrected chi connectivity index (χ2v) is 3.42. The molecule has 0 aromatic heterocycles. The van der Waals surface area contributed by atoms with E-state index in [0.717, 1.165) is 0 Å². The minimum Gasteiger partial charge on any atom is -0.399 e. The van der Waals surface area contributed by atoms with Gasteiger partial charge >= 0.3 is 10.4 Å². The number of hydrogen-bond donors (Lipinski definition) is 4. The molecule has 0 spiro atoms.